The van der Waals surface area contributed by atoms with Crippen molar-refractivity contribution in [2.45, 2.75) is 6.10 Å². The molecule has 0 radical (unpaired) electrons. The van der Waals surface area contributed by atoms with Crippen LogP contribution in [0.1, 0.15) is 32.6 Å². The fourth-order valence-electron chi connectivity index (χ4n) is 3.69. The summed E-state index contributed by atoms with van der Waals surface area (Å²) in [6.07, 6.45) is 0.395. The number of hydrogen-bond acceptors (Lipinski definition) is 5. The Kier molecular flexibility index (Phi) is 4.88. The third-order valence-corrected chi connectivity index (χ3v) is 5.26. The van der Waals surface area contributed by atoms with Crippen molar-refractivity contribution < 1.29 is 18.7 Å². The number of carbonyl (C=O) groups excluding carboxylic acids is 2. The molecule has 0 spiro atoms. The molecule has 5 aromatic rings. The van der Waals surface area contributed by atoms with Crippen LogP contribution in [0.15, 0.2) is 100 Å². The Morgan fingerprint density at radius 2 is 1.53 bits per heavy atom. The molecule has 5 rings (SSSR count). The standard InChI is InChI=1S/C26H17NO5/c28-21-14-23(31-22-13-7-5-11-18(21)22)26(30)32-25(16-8-2-1-3-9-16)24(29)19-15-27-20-12-6-4-10-17(19)20/h1-15,25,27H. The zero-order valence-electron chi connectivity index (χ0n) is 16.8. The highest BCUT2D eigenvalue weighted by atomic mass is 16.6. The monoisotopic (exact) mass is 423 g/mol. The van der Waals surface area contributed by atoms with Crippen molar-refractivity contribution in [2.75, 3.05) is 0 Å². The number of carbonyl (C=O) groups is 2. The lowest BCUT2D eigenvalue weighted by molar-refractivity contribution is 0.0251. The number of esters is 1. The number of benzene rings is 3. The van der Waals surface area contributed by atoms with Crippen LogP contribution in [-0.2, 0) is 4.74 Å². The van der Waals surface area contributed by atoms with Crippen molar-refractivity contribution in [3.8, 4) is 0 Å². The Balaban J connectivity index is 1.54. The van der Waals surface area contributed by atoms with Gasteiger partial charge in [0, 0.05) is 34.3 Å². The molecule has 0 saturated carbocycles. The van der Waals surface area contributed by atoms with E-state index >= 15 is 0 Å². The second-order valence-corrected chi connectivity index (χ2v) is 7.28. The summed E-state index contributed by atoms with van der Waals surface area (Å²) < 4.78 is 11.2. The van der Waals surface area contributed by atoms with Crippen LogP contribution in [0.2, 0.25) is 0 Å². The molecule has 2 aromatic heterocycles. The first-order valence-corrected chi connectivity index (χ1v) is 10.0. The number of Topliss-reactive ketones (excluding diaryl/α,β-unsaturated/α-hetero) is 1. The fraction of sp³-hybridized carbons (Fsp3) is 0.0385. The van der Waals surface area contributed by atoms with Gasteiger partial charge in [-0.15, -0.1) is 0 Å². The first-order chi connectivity index (χ1) is 15.6. The Bertz CT molecular complexity index is 1510. The summed E-state index contributed by atoms with van der Waals surface area (Å²) in [5.41, 5.74) is 1.63. The molecular weight excluding hydrogens is 406 g/mol. The minimum absolute atomic E-state index is 0.263. The number of aromatic nitrogens is 1. The lowest BCUT2D eigenvalue weighted by Gasteiger charge is -2.17. The molecular formula is C26H17NO5. The van der Waals surface area contributed by atoms with Gasteiger partial charge in [0.2, 0.25) is 11.5 Å². The lowest BCUT2D eigenvalue weighted by Crippen LogP contribution is -2.21. The summed E-state index contributed by atoms with van der Waals surface area (Å²) in [6.45, 7) is 0. The van der Waals surface area contributed by atoms with Gasteiger partial charge >= 0.3 is 5.97 Å². The SMILES string of the molecule is O=C(OC(C(=O)c1c[nH]c2ccccc12)c1ccccc1)c1cc(=O)c2ccccc2o1. The largest absolute Gasteiger partial charge is 0.449 e. The van der Waals surface area contributed by atoms with E-state index in [4.69, 9.17) is 9.15 Å². The van der Waals surface area contributed by atoms with Crippen LogP contribution in [0, 0.1) is 0 Å². The zero-order chi connectivity index (χ0) is 22.1. The number of fused-ring (bicyclic) bond motifs is 2. The number of para-hydroxylation sites is 2. The van der Waals surface area contributed by atoms with Crippen molar-refractivity contribution in [1.29, 1.82) is 0 Å². The van der Waals surface area contributed by atoms with E-state index in [0.29, 0.717) is 16.5 Å². The highest BCUT2D eigenvalue weighted by molar-refractivity contribution is 6.11. The quantitative estimate of drug-likeness (QED) is 0.315. The van der Waals surface area contributed by atoms with Crippen LogP contribution in [0.3, 0.4) is 0 Å². The number of ketones is 1. The molecule has 1 unspecified atom stereocenters. The number of aromatic amines is 1. The molecule has 1 atom stereocenters. The lowest BCUT2D eigenvalue weighted by atomic mass is 9.99. The van der Waals surface area contributed by atoms with E-state index in [2.05, 4.69) is 4.98 Å². The number of H-pyrrole nitrogens is 1. The van der Waals surface area contributed by atoms with Crippen LogP contribution >= 0.6 is 0 Å². The van der Waals surface area contributed by atoms with E-state index in [1.165, 1.54) is 0 Å². The minimum Gasteiger partial charge on any atom is -0.449 e. The molecule has 32 heavy (non-hydrogen) atoms. The van der Waals surface area contributed by atoms with Gasteiger partial charge in [0.1, 0.15) is 5.58 Å². The van der Waals surface area contributed by atoms with E-state index in [-0.39, 0.29) is 22.6 Å². The number of hydrogen-bond donors (Lipinski definition) is 1. The highest BCUT2D eigenvalue weighted by Crippen LogP contribution is 2.28. The van der Waals surface area contributed by atoms with Gasteiger partial charge in [-0.3, -0.25) is 9.59 Å². The van der Waals surface area contributed by atoms with E-state index < -0.39 is 12.1 Å². The molecule has 0 aliphatic heterocycles. The predicted molar refractivity (Wildman–Crippen MR) is 120 cm³/mol. The van der Waals surface area contributed by atoms with Crippen LogP contribution in [0.5, 0.6) is 0 Å². The molecule has 1 N–H and O–H groups in total. The summed E-state index contributed by atoms with van der Waals surface area (Å²) in [5.74, 6) is -1.54. The van der Waals surface area contributed by atoms with E-state index in [0.717, 1.165) is 17.0 Å². The maximum Gasteiger partial charge on any atom is 0.375 e. The Morgan fingerprint density at radius 3 is 2.34 bits per heavy atom. The van der Waals surface area contributed by atoms with Crippen molar-refractivity contribution in [2.24, 2.45) is 0 Å². The summed E-state index contributed by atoms with van der Waals surface area (Å²) in [7, 11) is 0. The average Bonchev–Trinajstić information content (AvgIpc) is 3.27. The Labute approximate surface area is 182 Å². The van der Waals surface area contributed by atoms with Gasteiger partial charge in [0.05, 0.1) is 5.39 Å². The maximum atomic E-state index is 13.5. The van der Waals surface area contributed by atoms with Crippen molar-refractivity contribution in [1.82, 2.24) is 4.98 Å². The van der Waals surface area contributed by atoms with Gasteiger partial charge in [-0.05, 0) is 18.2 Å². The second-order valence-electron chi connectivity index (χ2n) is 7.28. The molecule has 2 heterocycles. The molecule has 0 aliphatic carbocycles. The molecule has 3 aromatic carbocycles. The third kappa shape index (κ3) is 3.48. The fourth-order valence-corrected chi connectivity index (χ4v) is 3.69. The topological polar surface area (TPSA) is 89.4 Å². The van der Waals surface area contributed by atoms with Gasteiger partial charge in [-0.25, -0.2) is 4.79 Å². The van der Waals surface area contributed by atoms with Gasteiger partial charge in [0.15, 0.2) is 11.5 Å². The van der Waals surface area contributed by atoms with Gasteiger partial charge in [0.25, 0.3) is 0 Å². The highest BCUT2D eigenvalue weighted by Gasteiger charge is 2.29. The second kappa shape index (κ2) is 8.00. The molecule has 156 valence electrons. The van der Waals surface area contributed by atoms with E-state index in [1.54, 1.807) is 60.8 Å². The molecule has 0 saturated heterocycles. The molecule has 6 heteroatoms. The van der Waals surface area contributed by atoms with Gasteiger partial charge < -0.3 is 14.1 Å². The van der Waals surface area contributed by atoms with Crippen LogP contribution < -0.4 is 5.43 Å². The molecule has 0 bridgehead atoms. The molecule has 0 amide bonds. The van der Waals surface area contributed by atoms with E-state index in [9.17, 15) is 14.4 Å². The number of nitrogens with one attached hydrogen (secondary N) is 1. The first-order valence-electron chi connectivity index (χ1n) is 10.0. The summed E-state index contributed by atoms with van der Waals surface area (Å²) in [5, 5.41) is 1.09. The van der Waals surface area contributed by atoms with E-state index in [1.807, 2.05) is 24.3 Å². The number of ether oxygens (including phenoxy) is 1. The molecule has 0 fully saturated rings. The minimum atomic E-state index is -1.21. The van der Waals surface area contributed by atoms with Crippen molar-refractivity contribution in [3.63, 3.8) is 0 Å². The van der Waals surface area contributed by atoms with Crippen LogP contribution in [0.25, 0.3) is 21.9 Å². The number of rotatable bonds is 5. The maximum absolute atomic E-state index is 13.5. The molecule has 6 nitrogen and oxygen atoms in total. The molecule has 0 aliphatic rings. The zero-order valence-corrected chi connectivity index (χ0v) is 16.8. The summed E-state index contributed by atoms with van der Waals surface area (Å²) in [4.78, 5) is 41.9. The Hall–Kier alpha value is -4.45. The summed E-state index contributed by atoms with van der Waals surface area (Å²) in [6, 6.07) is 23.8. The third-order valence-electron chi connectivity index (χ3n) is 5.26. The van der Waals surface area contributed by atoms with Crippen LogP contribution in [0.4, 0.5) is 0 Å². The predicted octanol–water partition coefficient (Wildman–Crippen LogP) is 5.06. The van der Waals surface area contributed by atoms with Crippen LogP contribution in [-0.4, -0.2) is 16.7 Å². The normalized spacial score (nSPS) is 12.0. The Morgan fingerprint density at radius 1 is 0.844 bits per heavy atom. The van der Waals surface area contributed by atoms with Crippen molar-refractivity contribution in [3.05, 3.63) is 118 Å². The van der Waals surface area contributed by atoms with Crippen molar-refractivity contribution >= 4 is 33.6 Å². The van der Waals surface area contributed by atoms with Gasteiger partial charge in [-0.1, -0.05) is 60.7 Å². The average molecular weight is 423 g/mol. The smallest absolute Gasteiger partial charge is 0.375 e. The summed E-state index contributed by atoms with van der Waals surface area (Å²) >= 11 is 0. The first kappa shape index (κ1) is 19.5. The van der Waals surface area contributed by atoms with Gasteiger partial charge in [-0.2, -0.15) is 0 Å².